The Balaban J connectivity index is 1.90. The van der Waals surface area contributed by atoms with Gasteiger partial charge in [0.2, 0.25) is 5.91 Å². The molecule has 112 valence electrons. The molecular formula is C16H21N3O2. The van der Waals surface area contributed by atoms with Crippen LogP contribution in [-0.2, 0) is 4.79 Å². The second-order valence-electron chi connectivity index (χ2n) is 5.20. The minimum Gasteiger partial charge on any atom is -0.326 e. The van der Waals surface area contributed by atoms with Gasteiger partial charge in [-0.05, 0) is 56.4 Å². The van der Waals surface area contributed by atoms with Crippen LogP contribution in [-0.4, -0.2) is 17.5 Å². The molecule has 0 unspecified atom stereocenters. The van der Waals surface area contributed by atoms with E-state index in [4.69, 9.17) is 0 Å². The first-order valence-electron chi connectivity index (χ1n) is 7.44. The van der Waals surface area contributed by atoms with Crippen LogP contribution in [0.25, 0.3) is 0 Å². The fraction of sp³-hybridized carbons (Fsp3) is 0.438. The average Bonchev–Trinajstić information content (AvgIpc) is 2.99. The Labute approximate surface area is 124 Å². The topological polar surface area (TPSA) is 70.6 Å². The highest BCUT2D eigenvalue weighted by Crippen LogP contribution is 2.14. The van der Waals surface area contributed by atoms with Crippen LogP contribution in [0.5, 0.6) is 0 Å². The molecule has 0 aliphatic heterocycles. The molecule has 2 N–H and O–H groups in total. The van der Waals surface area contributed by atoms with Crippen LogP contribution < -0.4 is 10.7 Å². The van der Waals surface area contributed by atoms with Crippen LogP contribution >= 0.6 is 0 Å². The zero-order chi connectivity index (χ0) is 15.1. The molecule has 5 nitrogen and oxygen atoms in total. The minimum atomic E-state index is -0.221. The predicted octanol–water partition coefficient (Wildman–Crippen LogP) is 3.09. The standard InChI is InChI=1S/C16H21N3O2/c1-2-5-15(20)17-13-10-8-12(9-11-13)16(21)19-18-14-6-3-4-7-14/h8-11H,2-7H2,1H3,(H,17,20)(H,19,21). The second kappa shape index (κ2) is 7.57. The van der Waals surface area contributed by atoms with Gasteiger partial charge in [-0.2, -0.15) is 5.10 Å². The Bertz CT molecular complexity index is 527. The van der Waals surface area contributed by atoms with E-state index in [1.54, 1.807) is 24.3 Å². The maximum Gasteiger partial charge on any atom is 0.271 e. The molecule has 2 amide bonds. The SMILES string of the molecule is CCCC(=O)Nc1ccc(C(=O)NN=C2CCCC2)cc1. The van der Waals surface area contributed by atoms with Crippen LogP contribution in [0.15, 0.2) is 29.4 Å². The summed E-state index contributed by atoms with van der Waals surface area (Å²) >= 11 is 0. The zero-order valence-corrected chi connectivity index (χ0v) is 12.3. The van der Waals surface area contributed by atoms with Gasteiger partial charge in [0, 0.05) is 23.4 Å². The first-order chi connectivity index (χ1) is 10.2. The summed E-state index contributed by atoms with van der Waals surface area (Å²) in [7, 11) is 0. The highest BCUT2D eigenvalue weighted by Gasteiger charge is 2.10. The molecule has 0 aromatic heterocycles. The van der Waals surface area contributed by atoms with Crippen molar-refractivity contribution < 1.29 is 9.59 Å². The van der Waals surface area contributed by atoms with Crippen LogP contribution in [0.2, 0.25) is 0 Å². The average molecular weight is 287 g/mol. The van der Waals surface area contributed by atoms with E-state index in [1.807, 2.05) is 6.92 Å². The number of carbonyl (C=O) groups is 2. The van der Waals surface area contributed by atoms with E-state index >= 15 is 0 Å². The highest BCUT2D eigenvalue weighted by molar-refractivity contribution is 5.96. The summed E-state index contributed by atoms with van der Waals surface area (Å²) in [5.74, 6) is -0.233. The Hall–Kier alpha value is -2.17. The van der Waals surface area contributed by atoms with Gasteiger partial charge >= 0.3 is 0 Å². The molecule has 1 aliphatic rings. The highest BCUT2D eigenvalue weighted by atomic mass is 16.2. The number of amides is 2. The predicted molar refractivity (Wildman–Crippen MR) is 83.3 cm³/mol. The Morgan fingerprint density at radius 1 is 1.14 bits per heavy atom. The summed E-state index contributed by atoms with van der Waals surface area (Å²) in [6, 6.07) is 6.83. The number of carbonyl (C=O) groups excluding carboxylic acids is 2. The van der Waals surface area contributed by atoms with Gasteiger partial charge in [-0.1, -0.05) is 6.92 Å². The molecule has 2 rings (SSSR count). The molecule has 5 heteroatoms. The Morgan fingerprint density at radius 3 is 2.43 bits per heavy atom. The number of anilines is 1. The largest absolute Gasteiger partial charge is 0.326 e. The van der Waals surface area contributed by atoms with Gasteiger partial charge in [0.1, 0.15) is 0 Å². The van der Waals surface area contributed by atoms with Crippen molar-refractivity contribution in [1.29, 1.82) is 0 Å². The number of hydrogen-bond donors (Lipinski definition) is 2. The van der Waals surface area contributed by atoms with Gasteiger partial charge in [-0.25, -0.2) is 5.43 Å². The van der Waals surface area contributed by atoms with Crippen molar-refractivity contribution in [2.75, 3.05) is 5.32 Å². The molecule has 0 bridgehead atoms. The maximum atomic E-state index is 11.9. The minimum absolute atomic E-state index is 0.0117. The van der Waals surface area contributed by atoms with E-state index in [-0.39, 0.29) is 11.8 Å². The van der Waals surface area contributed by atoms with Crippen molar-refractivity contribution in [3.8, 4) is 0 Å². The molecule has 1 fully saturated rings. The van der Waals surface area contributed by atoms with Crippen molar-refractivity contribution in [1.82, 2.24) is 5.43 Å². The third-order valence-corrected chi connectivity index (χ3v) is 3.40. The first kappa shape index (κ1) is 15.2. The van der Waals surface area contributed by atoms with Gasteiger partial charge in [0.25, 0.3) is 5.91 Å². The van der Waals surface area contributed by atoms with Crippen LogP contribution in [0.3, 0.4) is 0 Å². The van der Waals surface area contributed by atoms with Crippen molar-refractivity contribution in [3.63, 3.8) is 0 Å². The van der Waals surface area contributed by atoms with Gasteiger partial charge < -0.3 is 5.32 Å². The molecule has 1 aromatic carbocycles. The fourth-order valence-corrected chi connectivity index (χ4v) is 2.24. The quantitative estimate of drug-likeness (QED) is 0.817. The van der Waals surface area contributed by atoms with Gasteiger partial charge in [-0.15, -0.1) is 0 Å². The number of nitrogens with one attached hydrogen (secondary N) is 2. The lowest BCUT2D eigenvalue weighted by Gasteiger charge is -2.05. The number of benzene rings is 1. The number of hydrazone groups is 1. The summed E-state index contributed by atoms with van der Waals surface area (Å²) < 4.78 is 0. The molecule has 0 spiro atoms. The second-order valence-corrected chi connectivity index (χ2v) is 5.20. The van der Waals surface area contributed by atoms with E-state index in [9.17, 15) is 9.59 Å². The molecule has 0 atom stereocenters. The zero-order valence-electron chi connectivity index (χ0n) is 12.3. The molecule has 21 heavy (non-hydrogen) atoms. The first-order valence-corrected chi connectivity index (χ1v) is 7.44. The molecule has 1 saturated carbocycles. The summed E-state index contributed by atoms with van der Waals surface area (Å²) in [5.41, 5.74) is 4.88. The van der Waals surface area contributed by atoms with E-state index < -0.39 is 0 Å². The third-order valence-electron chi connectivity index (χ3n) is 3.40. The summed E-state index contributed by atoms with van der Waals surface area (Å²) in [5, 5.41) is 6.93. The van der Waals surface area contributed by atoms with Crippen LogP contribution in [0.1, 0.15) is 55.8 Å². The van der Waals surface area contributed by atoms with Crippen molar-refractivity contribution in [2.45, 2.75) is 45.4 Å². The number of nitrogens with zero attached hydrogens (tertiary/aromatic N) is 1. The molecule has 0 heterocycles. The van der Waals surface area contributed by atoms with Gasteiger partial charge in [0.05, 0.1) is 0 Å². The number of rotatable bonds is 5. The van der Waals surface area contributed by atoms with E-state index in [0.717, 1.165) is 37.8 Å². The van der Waals surface area contributed by atoms with Crippen LogP contribution in [0.4, 0.5) is 5.69 Å². The molecule has 1 aromatic rings. The lowest BCUT2D eigenvalue weighted by Crippen LogP contribution is -2.19. The van der Waals surface area contributed by atoms with Gasteiger partial charge in [0.15, 0.2) is 0 Å². The summed E-state index contributed by atoms with van der Waals surface area (Å²) in [6.07, 6.45) is 5.57. The Morgan fingerprint density at radius 2 is 1.81 bits per heavy atom. The lowest BCUT2D eigenvalue weighted by atomic mass is 10.2. The van der Waals surface area contributed by atoms with E-state index in [2.05, 4.69) is 15.8 Å². The van der Waals surface area contributed by atoms with E-state index in [0.29, 0.717) is 17.7 Å². The Kier molecular flexibility index (Phi) is 5.49. The van der Waals surface area contributed by atoms with Crippen molar-refractivity contribution >= 4 is 23.2 Å². The smallest absolute Gasteiger partial charge is 0.271 e. The maximum absolute atomic E-state index is 11.9. The summed E-state index contributed by atoms with van der Waals surface area (Å²) in [6.45, 7) is 1.96. The van der Waals surface area contributed by atoms with Crippen molar-refractivity contribution in [3.05, 3.63) is 29.8 Å². The molecule has 0 saturated heterocycles. The monoisotopic (exact) mass is 287 g/mol. The van der Waals surface area contributed by atoms with Gasteiger partial charge in [-0.3, -0.25) is 9.59 Å². The third kappa shape index (κ3) is 4.70. The summed E-state index contributed by atoms with van der Waals surface area (Å²) in [4.78, 5) is 23.4. The van der Waals surface area contributed by atoms with Crippen molar-refractivity contribution in [2.24, 2.45) is 5.10 Å². The molecule has 0 radical (unpaired) electrons. The lowest BCUT2D eigenvalue weighted by molar-refractivity contribution is -0.116. The normalized spacial score (nSPS) is 13.9. The van der Waals surface area contributed by atoms with E-state index in [1.165, 1.54) is 0 Å². The number of hydrogen-bond acceptors (Lipinski definition) is 3. The molecular weight excluding hydrogens is 266 g/mol. The van der Waals surface area contributed by atoms with Crippen LogP contribution in [0, 0.1) is 0 Å². The molecule has 1 aliphatic carbocycles. The fourth-order valence-electron chi connectivity index (χ4n) is 2.24.